The third-order valence-corrected chi connectivity index (χ3v) is 8.98. The normalized spacial score (nSPS) is 21.5. The number of fused-ring (bicyclic) bond motifs is 2. The number of likely N-dealkylation sites (tertiary alicyclic amines) is 1. The van der Waals surface area contributed by atoms with Crippen LogP contribution in [0, 0.1) is 0 Å². The van der Waals surface area contributed by atoms with Crippen LogP contribution in [-0.2, 0) is 6.42 Å². The summed E-state index contributed by atoms with van der Waals surface area (Å²) >= 11 is 7.44. The van der Waals surface area contributed by atoms with Gasteiger partial charge in [0.25, 0.3) is 0 Å². The first-order valence-corrected chi connectivity index (χ1v) is 13.6. The number of aromatic amines is 1. The lowest BCUT2D eigenvalue weighted by molar-refractivity contribution is 0.1000. The number of aromatic nitrogens is 1. The highest BCUT2D eigenvalue weighted by atomic mass is 32.2. The molecular formula is C27H33N5OS2. The number of rotatable bonds is 6. The summed E-state index contributed by atoms with van der Waals surface area (Å²) in [4.78, 5) is 20.9. The highest BCUT2D eigenvalue weighted by molar-refractivity contribution is 7.99. The molecule has 0 radical (unpaired) electrons. The van der Waals surface area contributed by atoms with Gasteiger partial charge in [0.1, 0.15) is 0 Å². The first-order chi connectivity index (χ1) is 16.9. The van der Waals surface area contributed by atoms with E-state index in [-0.39, 0.29) is 0 Å². The van der Waals surface area contributed by atoms with Crippen LogP contribution in [0.5, 0.6) is 0 Å². The van der Waals surface area contributed by atoms with Crippen LogP contribution in [0.25, 0.3) is 10.9 Å². The molecule has 5 rings (SSSR count). The van der Waals surface area contributed by atoms with Gasteiger partial charge in [0, 0.05) is 59.0 Å². The van der Waals surface area contributed by atoms with E-state index >= 15 is 0 Å². The molecule has 4 N–H and O–H groups in total. The quantitative estimate of drug-likeness (QED) is 0.431. The average Bonchev–Trinajstić information content (AvgIpc) is 3.19. The summed E-state index contributed by atoms with van der Waals surface area (Å²) in [5.41, 5.74) is 9.98. The summed E-state index contributed by atoms with van der Waals surface area (Å²) in [6.45, 7) is 7.13. The molecule has 3 atom stereocenters. The summed E-state index contributed by atoms with van der Waals surface area (Å²) in [6.07, 6.45) is 2.10. The Bertz CT molecular complexity index is 1250. The molecule has 2 aliphatic rings. The molecule has 0 spiro atoms. The molecule has 1 unspecified atom stereocenters. The number of nitrogens with two attached hydrogens (primary N) is 1. The number of piperidine rings is 1. The first kappa shape index (κ1) is 24.2. The number of benzene rings is 2. The number of hydrogen-bond donors (Lipinski definition) is 3. The van der Waals surface area contributed by atoms with Crippen molar-refractivity contribution in [3.8, 4) is 0 Å². The number of carbonyl (C=O) groups excluding carboxylic acids is 1. The Morgan fingerprint density at radius 2 is 1.97 bits per heavy atom. The number of hydrogen-bond acceptors (Lipinski definition) is 4. The summed E-state index contributed by atoms with van der Waals surface area (Å²) in [7, 11) is 2.25. The SMILES string of the molecule is CCN(CC)C(=S)N[C@H]1CC2c3cccc4[nH]c(Sc5ccc(C(N)=O)cc5)c(c34)C[C@H]2N(C)C1. The maximum absolute atomic E-state index is 11.4. The van der Waals surface area contributed by atoms with Crippen molar-refractivity contribution in [2.45, 2.75) is 54.6 Å². The summed E-state index contributed by atoms with van der Waals surface area (Å²) in [5.74, 6) is 0.0642. The van der Waals surface area contributed by atoms with E-state index in [1.54, 1.807) is 23.9 Å². The molecule has 2 heterocycles. The van der Waals surface area contributed by atoms with Crippen LogP contribution in [0.1, 0.15) is 47.7 Å². The molecular weight excluding hydrogens is 474 g/mol. The fraction of sp³-hybridized carbons (Fsp3) is 0.407. The Balaban J connectivity index is 1.44. The highest BCUT2D eigenvalue weighted by Crippen LogP contribution is 2.46. The number of thiocarbonyl (C=S) groups is 1. The molecule has 1 aliphatic heterocycles. The minimum Gasteiger partial charge on any atom is -0.366 e. The van der Waals surface area contributed by atoms with Gasteiger partial charge in [-0.2, -0.15) is 0 Å². The zero-order valence-electron chi connectivity index (χ0n) is 20.5. The monoisotopic (exact) mass is 507 g/mol. The molecule has 1 amide bonds. The van der Waals surface area contributed by atoms with E-state index in [1.165, 1.54) is 27.1 Å². The fourth-order valence-corrected chi connectivity index (χ4v) is 7.17. The van der Waals surface area contributed by atoms with E-state index in [4.69, 9.17) is 18.0 Å². The van der Waals surface area contributed by atoms with Crippen LogP contribution in [0.2, 0.25) is 0 Å². The number of primary amides is 1. The number of H-pyrrole nitrogens is 1. The van der Waals surface area contributed by atoms with Gasteiger partial charge in [-0.15, -0.1) is 0 Å². The van der Waals surface area contributed by atoms with Gasteiger partial charge >= 0.3 is 0 Å². The zero-order chi connectivity index (χ0) is 24.7. The van der Waals surface area contributed by atoms with Gasteiger partial charge < -0.3 is 25.8 Å². The minimum absolute atomic E-state index is 0.336. The van der Waals surface area contributed by atoms with Gasteiger partial charge in [-0.3, -0.25) is 4.79 Å². The second-order valence-electron chi connectivity index (χ2n) is 9.57. The molecule has 8 heteroatoms. The van der Waals surface area contributed by atoms with Crippen LogP contribution in [0.3, 0.4) is 0 Å². The van der Waals surface area contributed by atoms with Gasteiger partial charge in [0.05, 0.1) is 5.03 Å². The van der Waals surface area contributed by atoms with E-state index in [0.29, 0.717) is 23.6 Å². The lowest BCUT2D eigenvalue weighted by Gasteiger charge is -2.46. The third-order valence-electron chi connectivity index (χ3n) is 7.55. The predicted molar refractivity (Wildman–Crippen MR) is 147 cm³/mol. The number of likely N-dealkylation sites (N-methyl/N-ethyl adjacent to an activating group) is 1. The van der Waals surface area contributed by atoms with E-state index in [0.717, 1.165) is 42.5 Å². The molecule has 2 aromatic carbocycles. The van der Waals surface area contributed by atoms with Crippen molar-refractivity contribution in [1.82, 2.24) is 20.1 Å². The number of carbonyl (C=O) groups is 1. The van der Waals surface area contributed by atoms with Crippen molar-refractivity contribution in [3.63, 3.8) is 0 Å². The molecule has 3 aromatic rings. The van der Waals surface area contributed by atoms with E-state index in [9.17, 15) is 4.79 Å². The van der Waals surface area contributed by atoms with E-state index in [2.05, 4.69) is 59.2 Å². The molecule has 1 saturated heterocycles. The van der Waals surface area contributed by atoms with Crippen molar-refractivity contribution in [3.05, 3.63) is 59.2 Å². The van der Waals surface area contributed by atoms with Crippen molar-refractivity contribution in [2.24, 2.45) is 5.73 Å². The first-order valence-electron chi connectivity index (χ1n) is 12.4. The molecule has 1 aromatic heterocycles. The third kappa shape index (κ3) is 4.55. The molecule has 1 aliphatic carbocycles. The Morgan fingerprint density at radius 3 is 2.66 bits per heavy atom. The molecule has 0 saturated carbocycles. The van der Waals surface area contributed by atoms with Gasteiger partial charge in [0.2, 0.25) is 5.91 Å². The summed E-state index contributed by atoms with van der Waals surface area (Å²) in [6, 6.07) is 15.0. The zero-order valence-corrected chi connectivity index (χ0v) is 22.1. The lowest BCUT2D eigenvalue weighted by Crippen LogP contribution is -2.56. The van der Waals surface area contributed by atoms with E-state index in [1.807, 2.05) is 12.1 Å². The van der Waals surface area contributed by atoms with Crippen LogP contribution in [0.15, 0.2) is 52.4 Å². The maximum Gasteiger partial charge on any atom is 0.248 e. The van der Waals surface area contributed by atoms with Gasteiger partial charge in [-0.1, -0.05) is 23.9 Å². The van der Waals surface area contributed by atoms with Gasteiger partial charge in [0.15, 0.2) is 5.11 Å². The molecule has 35 heavy (non-hydrogen) atoms. The van der Waals surface area contributed by atoms with Crippen molar-refractivity contribution < 1.29 is 4.79 Å². The molecule has 1 fully saturated rings. The van der Waals surface area contributed by atoms with Crippen molar-refractivity contribution >= 4 is 45.9 Å². The number of nitrogens with zero attached hydrogens (tertiary/aromatic N) is 2. The van der Waals surface area contributed by atoms with Crippen molar-refractivity contribution in [1.29, 1.82) is 0 Å². The predicted octanol–water partition coefficient (Wildman–Crippen LogP) is 4.35. The topological polar surface area (TPSA) is 77.4 Å². The number of amides is 1. The van der Waals surface area contributed by atoms with Crippen molar-refractivity contribution in [2.75, 3.05) is 26.7 Å². The Labute approximate surface area is 216 Å². The molecule has 184 valence electrons. The van der Waals surface area contributed by atoms with Crippen LogP contribution >= 0.6 is 24.0 Å². The molecule has 6 nitrogen and oxygen atoms in total. The van der Waals surface area contributed by atoms with Crippen LogP contribution in [0.4, 0.5) is 0 Å². The number of nitrogens with one attached hydrogen (secondary N) is 2. The van der Waals surface area contributed by atoms with Gasteiger partial charge in [-0.05, 0) is 87.4 Å². The lowest BCUT2D eigenvalue weighted by atomic mass is 9.74. The largest absolute Gasteiger partial charge is 0.366 e. The van der Waals surface area contributed by atoms with Crippen LogP contribution < -0.4 is 11.1 Å². The Morgan fingerprint density at radius 1 is 1.23 bits per heavy atom. The average molecular weight is 508 g/mol. The van der Waals surface area contributed by atoms with Gasteiger partial charge in [-0.25, -0.2) is 0 Å². The maximum atomic E-state index is 11.4. The highest BCUT2D eigenvalue weighted by Gasteiger charge is 2.40. The Kier molecular flexibility index (Phi) is 6.79. The molecule has 0 bridgehead atoms. The summed E-state index contributed by atoms with van der Waals surface area (Å²) < 4.78 is 0. The minimum atomic E-state index is -0.399. The summed E-state index contributed by atoms with van der Waals surface area (Å²) in [5, 5.41) is 7.10. The van der Waals surface area contributed by atoms with Crippen LogP contribution in [-0.4, -0.2) is 64.6 Å². The second-order valence-corrected chi connectivity index (χ2v) is 11.0. The Hall–Kier alpha value is -2.55. The smallest absolute Gasteiger partial charge is 0.248 e. The second kappa shape index (κ2) is 9.84. The standard InChI is InChI=1S/C27H33N5OS2/c1-4-32(5-2)27(34)29-17-13-20-19-7-6-8-22-24(19)21(14-23(20)31(3)15-17)26(30-22)35-18-11-9-16(10-12-18)25(28)33/h6-12,17,20,23,30H,4-5,13-15H2,1-3H3,(H2,28,33)(H,29,34)/t17-,20?,23+/m0/s1. The fourth-order valence-electron chi connectivity index (χ4n) is 5.77. The van der Waals surface area contributed by atoms with E-state index < -0.39 is 5.91 Å².